The standard InChI is InChI=1S/C31H37N7O4/c1-2-42-31(41)30(40)37(25-12-16-36(17-13-25)24-10-14-33-15-11-24)20-28-35-26-18-22(19-32)8-9-27(26)38(28)21-29(39)34-23-6-4-3-5-7-23/h8-11,14-15,18,23,25H,2-7,12-13,16-17,20-21H2,1H3,(H,34,39). The average Bonchev–Trinajstić information content (AvgIpc) is 3.36. The summed E-state index contributed by atoms with van der Waals surface area (Å²) in [6.07, 6.45) is 10.1. The predicted molar refractivity (Wildman–Crippen MR) is 156 cm³/mol. The van der Waals surface area contributed by atoms with Crippen LogP contribution in [0.15, 0.2) is 42.7 Å². The molecule has 3 heterocycles. The van der Waals surface area contributed by atoms with Crippen LogP contribution in [0.4, 0.5) is 5.69 Å². The Labute approximate surface area is 245 Å². The number of esters is 1. The molecule has 1 aliphatic carbocycles. The van der Waals surface area contributed by atoms with E-state index in [1.165, 1.54) is 6.42 Å². The maximum absolute atomic E-state index is 13.5. The van der Waals surface area contributed by atoms with Crippen LogP contribution in [0.5, 0.6) is 0 Å². The minimum Gasteiger partial charge on any atom is -0.459 e. The van der Waals surface area contributed by atoms with Gasteiger partial charge in [-0.1, -0.05) is 19.3 Å². The zero-order valence-electron chi connectivity index (χ0n) is 24.0. The summed E-state index contributed by atoms with van der Waals surface area (Å²) in [7, 11) is 0. The number of aromatic nitrogens is 3. The van der Waals surface area contributed by atoms with Crippen molar-refractivity contribution < 1.29 is 19.1 Å². The zero-order valence-corrected chi connectivity index (χ0v) is 24.0. The van der Waals surface area contributed by atoms with Crippen LogP contribution in [0.1, 0.15) is 63.3 Å². The normalized spacial score (nSPS) is 16.1. The number of carbonyl (C=O) groups is 3. The summed E-state index contributed by atoms with van der Waals surface area (Å²) in [5, 5.41) is 12.6. The first-order valence-corrected chi connectivity index (χ1v) is 14.8. The Balaban J connectivity index is 1.42. The first kappa shape index (κ1) is 29.0. The van der Waals surface area contributed by atoms with Gasteiger partial charge in [-0.2, -0.15) is 5.26 Å². The van der Waals surface area contributed by atoms with E-state index in [2.05, 4.69) is 21.3 Å². The molecule has 3 aromatic rings. The maximum atomic E-state index is 13.5. The van der Waals surface area contributed by atoms with Crippen molar-refractivity contribution in [3.8, 4) is 6.07 Å². The van der Waals surface area contributed by atoms with Gasteiger partial charge in [0, 0.05) is 43.3 Å². The number of pyridine rings is 1. The fraction of sp³-hybridized carbons (Fsp3) is 0.484. The highest BCUT2D eigenvalue weighted by Gasteiger charge is 2.34. The minimum absolute atomic E-state index is 0.0240. The number of amides is 2. The molecule has 0 spiro atoms. The summed E-state index contributed by atoms with van der Waals surface area (Å²) in [4.78, 5) is 52.0. The van der Waals surface area contributed by atoms with Crippen LogP contribution >= 0.6 is 0 Å². The molecule has 1 saturated heterocycles. The fourth-order valence-corrected chi connectivity index (χ4v) is 6.03. The molecule has 0 unspecified atom stereocenters. The van der Waals surface area contributed by atoms with Crippen molar-refractivity contribution in [1.82, 2.24) is 24.8 Å². The number of rotatable bonds is 8. The van der Waals surface area contributed by atoms with E-state index < -0.39 is 11.9 Å². The van der Waals surface area contributed by atoms with Gasteiger partial charge in [-0.3, -0.25) is 14.6 Å². The summed E-state index contributed by atoms with van der Waals surface area (Å²) in [6, 6.07) is 11.1. The molecule has 11 heteroatoms. The van der Waals surface area contributed by atoms with Crippen LogP contribution < -0.4 is 10.2 Å². The highest BCUT2D eigenvalue weighted by molar-refractivity contribution is 6.32. The van der Waals surface area contributed by atoms with E-state index in [0.29, 0.717) is 48.4 Å². The van der Waals surface area contributed by atoms with Gasteiger partial charge < -0.3 is 24.4 Å². The number of ether oxygens (including phenoxy) is 1. The number of anilines is 1. The Morgan fingerprint density at radius 3 is 2.50 bits per heavy atom. The predicted octanol–water partition coefficient (Wildman–Crippen LogP) is 3.31. The molecule has 0 atom stereocenters. The molecule has 2 amide bonds. The van der Waals surface area contributed by atoms with Gasteiger partial charge in [0.15, 0.2) is 0 Å². The van der Waals surface area contributed by atoms with E-state index >= 15 is 0 Å². The summed E-state index contributed by atoms with van der Waals surface area (Å²) in [5.41, 5.74) is 2.77. The molecule has 220 valence electrons. The monoisotopic (exact) mass is 571 g/mol. The molecule has 1 aromatic carbocycles. The minimum atomic E-state index is -0.904. The van der Waals surface area contributed by atoms with E-state index in [1.54, 1.807) is 47.0 Å². The van der Waals surface area contributed by atoms with E-state index in [-0.39, 0.29) is 37.7 Å². The van der Waals surface area contributed by atoms with Gasteiger partial charge in [0.25, 0.3) is 0 Å². The third-order valence-electron chi connectivity index (χ3n) is 8.18. The van der Waals surface area contributed by atoms with Gasteiger partial charge in [-0.15, -0.1) is 0 Å². The smallest absolute Gasteiger partial charge is 0.397 e. The molecule has 2 aliphatic rings. The fourth-order valence-electron chi connectivity index (χ4n) is 6.03. The molecule has 1 aliphatic heterocycles. The Hall–Kier alpha value is -4.46. The van der Waals surface area contributed by atoms with Crippen LogP contribution in [0.2, 0.25) is 0 Å². The number of nitriles is 1. The van der Waals surface area contributed by atoms with Gasteiger partial charge in [0.1, 0.15) is 12.4 Å². The lowest BCUT2D eigenvalue weighted by Gasteiger charge is -2.39. The first-order chi connectivity index (χ1) is 20.5. The molecule has 0 bridgehead atoms. The van der Waals surface area contributed by atoms with E-state index in [1.807, 2.05) is 12.1 Å². The number of hydrogen-bond acceptors (Lipinski definition) is 8. The van der Waals surface area contributed by atoms with Gasteiger partial charge in [0.05, 0.1) is 35.8 Å². The number of fused-ring (bicyclic) bond motifs is 1. The molecule has 2 fully saturated rings. The molecule has 1 saturated carbocycles. The molecular weight excluding hydrogens is 534 g/mol. The second-order valence-corrected chi connectivity index (χ2v) is 10.9. The van der Waals surface area contributed by atoms with Crippen molar-refractivity contribution >= 4 is 34.5 Å². The van der Waals surface area contributed by atoms with Crippen LogP contribution in [0.3, 0.4) is 0 Å². The lowest BCUT2D eigenvalue weighted by atomic mass is 9.95. The van der Waals surface area contributed by atoms with Crippen LogP contribution in [0.25, 0.3) is 11.0 Å². The lowest BCUT2D eigenvalue weighted by Crippen LogP contribution is -2.50. The number of nitrogens with one attached hydrogen (secondary N) is 1. The molecule has 0 radical (unpaired) electrons. The van der Waals surface area contributed by atoms with Gasteiger partial charge in [-0.05, 0) is 62.9 Å². The van der Waals surface area contributed by atoms with E-state index in [0.717, 1.165) is 31.4 Å². The van der Waals surface area contributed by atoms with Crippen LogP contribution in [-0.2, 0) is 32.2 Å². The Morgan fingerprint density at radius 1 is 1.07 bits per heavy atom. The average molecular weight is 572 g/mol. The number of nitrogens with zero attached hydrogens (tertiary/aromatic N) is 6. The first-order valence-electron chi connectivity index (χ1n) is 14.8. The highest BCUT2D eigenvalue weighted by Crippen LogP contribution is 2.26. The largest absolute Gasteiger partial charge is 0.459 e. The molecule has 2 aromatic heterocycles. The second kappa shape index (κ2) is 13.5. The quantitative estimate of drug-likeness (QED) is 0.322. The maximum Gasteiger partial charge on any atom is 0.397 e. The molecule has 42 heavy (non-hydrogen) atoms. The molecule has 5 rings (SSSR count). The molecule has 11 nitrogen and oxygen atoms in total. The summed E-state index contributed by atoms with van der Waals surface area (Å²) < 4.78 is 6.90. The SMILES string of the molecule is CCOC(=O)C(=O)N(Cc1nc2cc(C#N)ccc2n1CC(=O)NC1CCCCC1)C1CCN(c2ccncc2)CC1. The summed E-state index contributed by atoms with van der Waals surface area (Å²) >= 11 is 0. The van der Waals surface area contributed by atoms with Crippen molar-refractivity contribution in [2.45, 2.75) is 77.0 Å². The van der Waals surface area contributed by atoms with E-state index in [4.69, 9.17) is 9.72 Å². The van der Waals surface area contributed by atoms with Crippen molar-refractivity contribution in [2.24, 2.45) is 0 Å². The van der Waals surface area contributed by atoms with Gasteiger partial charge >= 0.3 is 11.9 Å². The topological polar surface area (TPSA) is 133 Å². The Morgan fingerprint density at radius 2 is 1.81 bits per heavy atom. The van der Waals surface area contributed by atoms with Crippen molar-refractivity contribution in [3.05, 3.63) is 54.1 Å². The Kier molecular flexibility index (Phi) is 9.31. The van der Waals surface area contributed by atoms with E-state index in [9.17, 15) is 19.6 Å². The van der Waals surface area contributed by atoms with Gasteiger partial charge in [-0.25, -0.2) is 9.78 Å². The zero-order chi connectivity index (χ0) is 29.5. The Bertz CT molecular complexity index is 1450. The number of hydrogen-bond donors (Lipinski definition) is 1. The number of benzene rings is 1. The van der Waals surface area contributed by atoms with Crippen molar-refractivity contribution in [3.63, 3.8) is 0 Å². The van der Waals surface area contributed by atoms with Crippen molar-refractivity contribution in [1.29, 1.82) is 5.26 Å². The highest BCUT2D eigenvalue weighted by atomic mass is 16.5. The number of carbonyl (C=O) groups excluding carboxylic acids is 3. The molecular formula is C31H37N7O4. The summed E-state index contributed by atoms with van der Waals surface area (Å²) in [6.45, 7) is 3.22. The third kappa shape index (κ3) is 6.70. The molecule has 1 N–H and O–H groups in total. The number of imidazole rings is 1. The lowest BCUT2D eigenvalue weighted by molar-refractivity contribution is -0.161. The van der Waals surface area contributed by atoms with Crippen molar-refractivity contribution in [2.75, 3.05) is 24.6 Å². The third-order valence-corrected chi connectivity index (χ3v) is 8.18. The van der Waals surface area contributed by atoms with Gasteiger partial charge in [0.2, 0.25) is 5.91 Å². The van der Waals surface area contributed by atoms with Crippen LogP contribution in [-0.4, -0.2) is 69.0 Å². The van der Waals surface area contributed by atoms with Crippen LogP contribution in [0, 0.1) is 11.3 Å². The number of piperidine rings is 1. The summed E-state index contributed by atoms with van der Waals surface area (Å²) in [5.74, 6) is -1.27. The second-order valence-electron chi connectivity index (χ2n) is 10.9.